The van der Waals surface area contributed by atoms with Gasteiger partial charge in [-0.1, -0.05) is 0 Å². The Hall–Kier alpha value is -2.14. The fourth-order valence-corrected chi connectivity index (χ4v) is 2.85. The average molecular weight is 288 g/mol. The maximum atomic E-state index is 12.2. The van der Waals surface area contributed by atoms with Gasteiger partial charge in [0.05, 0.1) is 10.6 Å². The maximum absolute atomic E-state index is 12.2. The predicted octanol–water partition coefficient (Wildman–Crippen LogP) is 3.40. The van der Waals surface area contributed by atoms with E-state index in [2.05, 4.69) is 5.32 Å². The lowest BCUT2D eigenvalue weighted by molar-refractivity contribution is 0.101. The zero-order valence-electron chi connectivity index (χ0n) is 11.6. The second-order valence-corrected chi connectivity index (χ2v) is 5.87. The topological polar surface area (TPSA) is 72.2 Å². The molecule has 0 spiro atoms. The van der Waals surface area contributed by atoms with Gasteiger partial charge in [-0.2, -0.15) is 0 Å². The largest absolute Gasteiger partial charge is 0.390 e. The number of carbonyl (C=O) groups excluding carboxylic acids is 2. The minimum atomic E-state index is -0.222. The van der Waals surface area contributed by atoms with Crippen molar-refractivity contribution in [3.63, 3.8) is 0 Å². The number of Topliss-reactive ketones (excluding diaryl/α,β-unsaturated/α-hetero) is 1. The number of hydrogen-bond acceptors (Lipinski definition) is 4. The highest BCUT2D eigenvalue weighted by atomic mass is 32.1. The first kappa shape index (κ1) is 14.3. The van der Waals surface area contributed by atoms with Crippen LogP contribution in [0.4, 0.5) is 10.7 Å². The number of rotatable bonds is 3. The van der Waals surface area contributed by atoms with Crippen LogP contribution in [0.3, 0.4) is 0 Å². The van der Waals surface area contributed by atoms with Gasteiger partial charge in [0.25, 0.3) is 5.91 Å². The van der Waals surface area contributed by atoms with Gasteiger partial charge < -0.3 is 11.1 Å². The number of benzene rings is 1. The van der Waals surface area contributed by atoms with Crippen LogP contribution < -0.4 is 11.1 Å². The van der Waals surface area contributed by atoms with Gasteiger partial charge in [-0.3, -0.25) is 9.59 Å². The van der Waals surface area contributed by atoms with E-state index in [1.165, 1.54) is 18.3 Å². The third-order valence-corrected chi connectivity index (χ3v) is 4.23. The van der Waals surface area contributed by atoms with E-state index in [0.717, 1.165) is 10.4 Å². The van der Waals surface area contributed by atoms with E-state index in [0.29, 0.717) is 21.8 Å². The SMILES string of the molecule is CC(=O)c1ccc(NC(=O)c2c(N)sc(C)c2C)cc1. The van der Waals surface area contributed by atoms with Gasteiger partial charge in [-0.05, 0) is 50.6 Å². The van der Waals surface area contributed by atoms with Crippen molar-refractivity contribution in [1.82, 2.24) is 0 Å². The Kier molecular flexibility index (Phi) is 3.90. The summed E-state index contributed by atoms with van der Waals surface area (Å²) < 4.78 is 0. The zero-order chi connectivity index (χ0) is 14.9. The number of nitrogen functional groups attached to an aromatic ring is 1. The van der Waals surface area contributed by atoms with Crippen LogP contribution in [0.5, 0.6) is 0 Å². The Morgan fingerprint density at radius 2 is 1.75 bits per heavy atom. The number of amides is 1. The smallest absolute Gasteiger partial charge is 0.258 e. The summed E-state index contributed by atoms with van der Waals surface area (Å²) in [5.74, 6) is -0.226. The average Bonchev–Trinajstić information content (AvgIpc) is 2.63. The molecule has 0 unspecified atom stereocenters. The number of ketones is 1. The molecule has 1 aromatic carbocycles. The molecule has 0 fully saturated rings. The zero-order valence-corrected chi connectivity index (χ0v) is 12.4. The van der Waals surface area contributed by atoms with Gasteiger partial charge >= 0.3 is 0 Å². The molecule has 0 aliphatic carbocycles. The molecule has 20 heavy (non-hydrogen) atoms. The molecule has 0 radical (unpaired) electrons. The first-order valence-corrected chi connectivity index (χ1v) is 6.99. The standard InChI is InChI=1S/C15H16N2O2S/c1-8-10(3)20-14(16)13(8)15(19)17-12-6-4-11(5-7-12)9(2)18/h4-7H,16H2,1-3H3,(H,17,19). The number of thiophene rings is 1. The van der Waals surface area contributed by atoms with Crippen LogP contribution in [-0.2, 0) is 0 Å². The Balaban J connectivity index is 2.21. The highest BCUT2D eigenvalue weighted by Crippen LogP contribution is 2.30. The fraction of sp³-hybridized carbons (Fsp3) is 0.200. The molecule has 0 saturated carbocycles. The molecule has 1 amide bonds. The number of hydrogen-bond donors (Lipinski definition) is 2. The Labute approximate surface area is 121 Å². The lowest BCUT2D eigenvalue weighted by atomic mass is 10.1. The van der Waals surface area contributed by atoms with Gasteiger partial charge in [-0.15, -0.1) is 11.3 Å². The van der Waals surface area contributed by atoms with Gasteiger partial charge in [0.1, 0.15) is 0 Å². The summed E-state index contributed by atoms with van der Waals surface area (Å²) in [6, 6.07) is 6.79. The summed E-state index contributed by atoms with van der Waals surface area (Å²) in [5, 5.41) is 3.32. The van der Waals surface area contributed by atoms with E-state index in [9.17, 15) is 9.59 Å². The lowest BCUT2D eigenvalue weighted by Gasteiger charge is -2.06. The molecule has 0 aliphatic rings. The van der Waals surface area contributed by atoms with Gasteiger partial charge in [0.15, 0.2) is 5.78 Å². The molecule has 0 saturated heterocycles. The van der Waals surface area contributed by atoms with Crippen molar-refractivity contribution in [3.8, 4) is 0 Å². The molecule has 1 aromatic heterocycles. The summed E-state index contributed by atoms with van der Waals surface area (Å²) in [5.41, 5.74) is 8.57. The van der Waals surface area contributed by atoms with Crippen molar-refractivity contribution in [2.24, 2.45) is 0 Å². The van der Waals surface area contributed by atoms with E-state index in [-0.39, 0.29) is 11.7 Å². The second kappa shape index (κ2) is 5.46. The first-order chi connectivity index (χ1) is 9.40. The third kappa shape index (κ3) is 2.72. The number of nitrogens with one attached hydrogen (secondary N) is 1. The van der Waals surface area contributed by atoms with Crippen LogP contribution in [0.1, 0.15) is 38.1 Å². The van der Waals surface area contributed by atoms with Crippen LogP contribution in [-0.4, -0.2) is 11.7 Å². The van der Waals surface area contributed by atoms with Crippen molar-refractivity contribution in [2.45, 2.75) is 20.8 Å². The minimum absolute atomic E-state index is 0.00331. The van der Waals surface area contributed by atoms with Crippen molar-refractivity contribution in [2.75, 3.05) is 11.1 Å². The lowest BCUT2D eigenvalue weighted by Crippen LogP contribution is -2.14. The molecule has 2 rings (SSSR count). The molecular weight excluding hydrogens is 272 g/mol. The molecule has 2 aromatic rings. The summed E-state index contributed by atoms with van der Waals surface area (Å²) in [4.78, 5) is 24.5. The van der Waals surface area contributed by atoms with Crippen molar-refractivity contribution < 1.29 is 9.59 Å². The minimum Gasteiger partial charge on any atom is -0.390 e. The number of nitrogens with two attached hydrogens (primary N) is 1. The summed E-state index contributed by atoms with van der Waals surface area (Å²) in [6.45, 7) is 5.33. The maximum Gasteiger partial charge on any atom is 0.258 e. The van der Waals surface area contributed by atoms with E-state index < -0.39 is 0 Å². The number of carbonyl (C=O) groups is 2. The second-order valence-electron chi connectivity index (χ2n) is 4.61. The van der Waals surface area contributed by atoms with Crippen LogP contribution >= 0.6 is 11.3 Å². The number of aryl methyl sites for hydroxylation is 1. The van der Waals surface area contributed by atoms with E-state index in [4.69, 9.17) is 5.73 Å². The van der Waals surface area contributed by atoms with Crippen LogP contribution in [0, 0.1) is 13.8 Å². The molecule has 104 valence electrons. The van der Waals surface area contributed by atoms with Crippen LogP contribution in [0.25, 0.3) is 0 Å². The van der Waals surface area contributed by atoms with E-state index in [1.54, 1.807) is 24.3 Å². The molecule has 0 aliphatic heterocycles. The number of anilines is 2. The van der Waals surface area contributed by atoms with Crippen molar-refractivity contribution in [3.05, 3.63) is 45.8 Å². The molecule has 4 nitrogen and oxygen atoms in total. The normalized spacial score (nSPS) is 10.3. The first-order valence-electron chi connectivity index (χ1n) is 6.18. The summed E-state index contributed by atoms with van der Waals surface area (Å²) >= 11 is 1.41. The van der Waals surface area contributed by atoms with E-state index >= 15 is 0 Å². The molecule has 0 bridgehead atoms. The summed E-state index contributed by atoms with van der Waals surface area (Å²) in [6.07, 6.45) is 0. The quantitative estimate of drug-likeness (QED) is 0.850. The van der Waals surface area contributed by atoms with Crippen molar-refractivity contribution >= 4 is 33.7 Å². The molecule has 3 N–H and O–H groups in total. The molecular formula is C15H16N2O2S. The van der Waals surface area contributed by atoms with Gasteiger partial charge in [0.2, 0.25) is 0 Å². The molecule has 5 heteroatoms. The Morgan fingerprint density at radius 3 is 2.20 bits per heavy atom. The predicted molar refractivity (Wildman–Crippen MR) is 82.6 cm³/mol. The Bertz CT molecular complexity index is 672. The van der Waals surface area contributed by atoms with Gasteiger partial charge in [0, 0.05) is 16.1 Å². The van der Waals surface area contributed by atoms with Crippen LogP contribution in [0.2, 0.25) is 0 Å². The Morgan fingerprint density at radius 1 is 1.15 bits per heavy atom. The monoisotopic (exact) mass is 288 g/mol. The van der Waals surface area contributed by atoms with Crippen LogP contribution in [0.15, 0.2) is 24.3 Å². The highest BCUT2D eigenvalue weighted by Gasteiger charge is 2.17. The van der Waals surface area contributed by atoms with Gasteiger partial charge in [-0.25, -0.2) is 0 Å². The van der Waals surface area contributed by atoms with Crippen molar-refractivity contribution in [1.29, 1.82) is 0 Å². The fourth-order valence-electron chi connectivity index (χ4n) is 1.92. The van der Waals surface area contributed by atoms with E-state index in [1.807, 2.05) is 13.8 Å². The molecule has 0 atom stereocenters. The third-order valence-electron chi connectivity index (χ3n) is 3.19. The summed E-state index contributed by atoms with van der Waals surface area (Å²) in [7, 11) is 0. The molecule has 1 heterocycles. The highest BCUT2D eigenvalue weighted by molar-refractivity contribution is 7.16.